The third-order valence-corrected chi connectivity index (χ3v) is 4.35. The van der Waals surface area contributed by atoms with Crippen LogP contribution in [-0.2, 0) is 11.0 Å². The minimum atomic E-state index is -4.52. The number of rotatable bonds is 4. The molecular weight excluding hydrogens is 364 g/mol. The molecule has 1 saturated heterocycles. The first-order valence-corrected chi connectivity index (χ1v) is 8.25. The van der Waals surface area contributed by atoms with Crippen LogP contribution in [0.2, 0.25) is 0 Å². The molecule has 2 amide bonds. The van der Waals surface area contributed by atoms with Crippen molar-refractivity contribution in [1.29, 1.82) is 0 Å². The topological polar surface area (TPSA) is 49.4 Å². The molecule has 0 bridgehead atoms. The summed E-state index contributed by atoms with van der Waals surface area (Å²) in [5.74, 6) is -1.37. The molecule has 142 valence electrons. The molecule has 0 aromatic heterocycles. The summed E-state index contributed by atoms with van der Waals surface area (Å²) in [4.78, 5) is 25.8. The Morgan fingerprint density at radius 3 is 2.52 bits per heavy atom. The van der Waals surface area contributed by atoms with Crippen LogP contribution in [0.3, 0.4) is 0 Å². The summed E-state index contributed by atoms with van der Waals surface area (Å²) in [6.07, 6.45) is -4.33. The molecule has 1 unspecified atom stereocenters. The first kappa shape index (κ1) is 18.9. The molecule has 0 aliphatic carbocycles. The largest absolute Gasteiger partial charge is 0.416 e. The molecule has 0 radical (unpaired) electrons. The van der Waals surface area contributed by atoms with Gasteiger partial charge in [-0.2, -0.15) is 13.2 Å². The third kappa shape index (κ3) is 4.45. The second-order valence-corrected chi connectivity index (χ2v) is 6.34. The minimum Gasteiger partial charge on any atom is -0.352 e. The summed E-state index contributed by atoms with van der Waals surface area (Å²) >= 11 is 0. The molecule has 3 rings (SSSR count). The molecule has 2 aromatic rings. The number of anilines is 1. The van der Waals surface area contributed by atoms with Crippen LogP contribution in [0.1, 0.15) is 22.3 Å². The first-order chi connectivity index (χ1) is 12.7. The predicted octanol–water partition coefficient (Wildman–Crippen LogP) is 3.63. The second kappa shape index (κ2) is 7.38. The van der Waals surface area contributed by atoms with Crippen molar-refractivity contribution in [1.82, 2.24) is 5.32 Å². The Balaban J connectivity index is 1.60. The maximum atomic E-state index is 13.0. The monoisotopic (exact) mass is 380 g/mol. The van der Waals surface area contributed by atoms with E-state index < -0.39 is 23.5 Å². The fraction of sp³-hybridized carbons (Fsp3) is 0.263. The lowest BCUT2D eigenvalue weighted by Gasteiger charge is -2.17. The molecule has 8 heteroatoms. The van der Waals surface area contributed by atoms with Crippen LogP contribution in [0.4, 0.5) is 23.2 Å². The van der Waals surface area contributed by atoms with Gasteiger partial charge in [0.15, 0.2) is 0 Å². The maximum Gasteiger partial charge on any atom is 0.416 e. The highest BCUT2D eigenvalue weighted by Crippen LogP contribution is 2.29. The van der Waals surface area contributed by atoms with Gasteiger partial charge in [0.1, 0.15) is 5.82 Å². The number of carbonyl (C=O) groups is 2. The standard InChI is InChI=1S/C19H16F4N2O2/c20-15-4-6-16(7-5-15)25-11-12(8-17(25)26)10-24-18(27)13-2-1-3-14(9-13)19(21,22)23/h1-7,9,12H,8,10-11H2,(H,24,27). The smallest absolute Gasteiger partial charge is 0.352 e. The second-order valence-electron chi connectivity index (χ2n) is 6.34. The van der Waals surface area contributed by atoms with E-state index in [0.29, 0.717) is 12.2 Å². The third-order valence-electron chi connectivity index (χ3n) is 4.35. The molecular formula is C19H16F4N2O2. The van der Waals surface area contributed by atoms with Crippen LogP contribution in [0.25, 0.3) is 0 Å². The highest BCUT2D eigenvalue weighted by molar-refractivity contribution is 5.96. The van der Waals surface area contributed by atoms with Crippen molar-refractivity contribution in [2.45, 2.75) is 12.6 Å². The molecule has 1 aliphatic heterocycles. The molecule has 2 aromatic carbocycles. The van der Waals surface area contributed by atoms with Crippen molar-refractivity contribution < 1.29 is 27.2 Å². The highest BCUT2D eigenvalue weighted by Gasteiger charge is 2.32. The molecule has 1 atom stereocenters. The van der Waals surface area contributed by atoms with Gasteiger partial charge in [0, 0.05) is 36.7 Å². The van der Waals surface area contributed by atoms with Crippen molar-refractivity contribution in [2.75, 3.05) is 18.0 Å². The Hall–Kier alpha value is -2.90. The Bertz CT molecular complexity index is 850. The summed E-state index contributed by atoms with van der Waals surface area (Å²) in [6, 6.07) is 9.67. The van der Waals surface area contributed by atoms with Crippen molar-refractivity contribution in [3.05, 3.63) is 65.5 Å². The van der Waals surface area contributed by atoms with Crippen molar-refractivity contribution >= 4 is 17.5 Å². The van der Waals surface area contributed by atoms with Gasteiger partial charge in [-0.3, -0.25) is 9.59 Å². The maximum absolute atomic E-state index is 13.0. The lowest BCUT2D eigenvalue weighted by Crippen LogP contribution is -2.31. The summed E-state index contributed by atoms with van der Waals surface area (Å²) < 4.78 is 51.2. The number of hydrogen-bond donors (Lipinski definition) is 1. The van der Waals surface area contributed by atoms with E-state index >= 15 is 0 Å². The van der Waals surface area contributed by atoms with E-state index in [1.807, 2.05) is 0 Å². The quantitative estimate of drug-likeness (QED) is 0.824. The number of halogens is 4. The number of carbonyl (C=O) groups excluding carboxylic acids is 2. The SMILES string of the molecule is O=C(NCC1CC(=O)N(c2ccc(F)cc2)C1)c1cccc(C(F)(F)F)c1. The molecule has 4 nitrogen and oxygen atoms in total. The summed E-state index contributed by atoms with van der Waals surface area (Å²) in [5.41, 5.74) is -0.425. The van der Waals surface area contributed by atoms with Crippen LogP contribution in [0.15, 0.2) is 48.5 Å². The van der Waals surface area contributed by atoms with Gasteiger partial charge >= 0.3 is 6.18 Å². The molecule has 0 saturated carbocycles. The van der Waals surface area contributed by atoms with Gasteiger partial charge in [0.2, 0.25) is 5.91 Å². The average molecular weight is 380 g/mol. The van der Waals surface area contributed by atoms with E-state index in [1.54, 1.807) is 0 Å². The predicted molar refractivity (Wildman–Crippen MR) is 90.6 cm³/mol. The molecule has 27 heavy (non-hydrogen) atoms. The van der Waals surface area contributed by atoms with Crippen molar-refractivity contribution in [2.24, 2.45) is 5.92 Å². The normalized spacial score (nSPS) is 17.3. The van der Waals surface area contributed by atoms with Gasteiger partial charge < -0.3 is 10.2 Å². The van der Waals surface area contributed by atoms with Gasteiger partial charge in [-0.1, -0.05) is 6.07 Å². The number of benzene rings is 2. The van der Waals surface area contributed by atoms with E-state index in [2.05, 4.69) is 5.32 Å². The summed E-state index contributed by atoms with van der Waals surface area (Å²) in [7, 11) is 0. The Morgan fingerprint density at radius 2 is 1.85 bits per heavy atom. The van der Waals surface area contributed by atoms with E-state index in [4.69, 9.17) is 0 Å². The van der Waals surface area contributed by atoms with Crippen LogP contribution < -0.4 is 10.2 Å². The fourth-order valence-electron chi connectivity index (χ4n) is 2.96. The molecule has 1 aliphatic rings. The van der Waals surface area contributed by atoms with Gasteiger partial charge in [-0.05, 0) is 42.5 Å². The first-order valence-electron chi connectivity index (χ1n) is 8.25. The molecule has 1 fully saturated rings. The van der Waals surface area contributed by atoms with Crippen LogP contribution in [-0.4, -0.2) is 24.9 Å². The number of amides is 2. The Labute approximate surface area is 152 Å². The van der Waals surface area contributed by atoms with Crippen molar-refractivity contribution in [3.63, 3.8) is 0 Å². The summed E-state index contributed by atoms with van der Waals surface area (Å²) in [6.45, 7) is 0.492. The van der Waals surface area contributed by atoms with E-state index in [-0.39, 0.29) is 30.4 Å². The number of hydrogen-bond acceptors (Lipinski definition) is 2. The number of nitrogens with zero attached hydrogens (tertiary/aromatic N) is 1. The van der Waals surface area contributed by atoms with Crippen molar-refractivity contribution in [3.8, 4) is 0 Å². The lowest BCUT2D eigenvalue weighted by molar-refractivity contribution is -0.137. The van der Waals surface area contributed by atoms with Gasteiger partial charge in [-0.25, -0.2) is 4.39 Å². The average Bonchev–Trinajstić information content (AvgIpc) is 3.00. The van der Waals surface area contributed by atoms with Crippen LogP contribution in [0, 0.1) is 11.7 Å². The van der Waals surface area contributed by atoms with Crippen LogP contribution >= 0.6 is 0 Å². The molecule has 0 spiro atoms. The Morgan fingerprint density at radius 1 is 1.15 bits per heavy atom. The van der Waals surface area contributed by atoms with E-state index in [1.165, 1.54) is 41.3 Å². The zero-order valence-corrected chi connectivity index (χ0v) is 14.1. The zero-order chi connectivity index (χ0) is 19.6. The number of nitrogens with one attached hydrogen (secondary N) is 1. The van der Waals surface area contributed by atoms with Crippen LogP contribution in [0.5, 0.6) is 0 Å². The minimum absolute atomic E-state index is 0.0930. The zero-order valence-electron chi connectivity index (χ0n) is 14.1. The Kier molecular flexibility index (Phi) is 5.16. The van der Waals surface area contributed by atoms with E-state index in [9.17, 15) is 27.2 Å². The summed E-state index contributed by atoms with van der Waals surface area (Å²) in [5, 5.41) is 2.58. The van der Waals surface area contributed by atoms with Gasteiger partial charge in [0.25, 0.3) is 5.91 Å². The molecule has 1 heterocycles. The van der Waals surface area contributed by atoms with Gasteiger partial charge in [0.05, 0.1) is 5.56 Å². The lowest BCUT2D eigenvalue weighted by atomic mass is 10.1. The highest BCUT2D eigenvalue weighted by atomic mass is 19.4. The van der Waals surface area contributed by atoms with E-state index in [0.717, 1.165) is 12.1 Å². The molecule has 1 N–H and O–H groups in total. The number of alkyl halides is 3. The van der Waals surface area contributed by atoms with Gasteiger partial charge in [-0.15, -0.1) is 0 Å². The fourth-order valence-corrected chi connectivity index (χ4v) is 2.96.